The quantitative estimate of drug-likeness (QED) is 0.687. The maximum Gasteiger partial charge on any atom is 0.282 e. The van der Waals surface area contributed by atoms with Crippen LogP contribution in [0.5, 0.6) is 5.75 Å². The highest BCUT2D eigenvalue weighted by Crippen LogP contribution is 2.23. The van der Waals surface area contributed by atoms with Crippen LogP contribution in [-0.2, 0) is 6.54 Å². The maximum atomic E-state index is 13.8. The Morgan fingerprint density at radius 2 is 2.17 bits per heavy atom. The lowest BCUT2D eigenvalue weighted by atomic mass is 10.2. The fraction of sp³-hybridized carbons (Fsp3) is 0.111. The summed E-state index contributed by atoms with van der Waals surface area (Å²) in [4.78, 5) is 16.8. The number of halogens is 1. The number of fused-ring (bicyclic) bond motifs is 1. The Morgan fingerprint density at radius 3 is 2.88 bits per heavy atom. The van der Waals surface area contributed by atoms with E-state index in [2.05, 4.69) is 10.9 Å². The molecule has 6 heteroatoms. The predicted octanol–water partition coefficient (Wildman–Crippen LogP) is 3.22. The molecule has 24 heavy (non-hydrogen) atoms. The van der Waals surface area contributed by atoms with Gasteiger partial charge < -0.3 is 9.30 Å². The van der Waals surface area contributed by atoms with Gasteiger partial charge in [-0.1, -0.05) is 29.4 Å². The topological polar surface area (TPSA) is 43.6 Å². The first-order valence-electron chi connectivity index (χ1n) is 7.08. The number of hydrogen-bond donors (Lipinski definition) is 0. The Bertz CT molecular complexity index is 1030. The Labute approximate surface area is 141 Å². The number of benzene rings is 2. The first-order chi connectivity index (χ1) is 11.6. The van der Waals surface area contributed by atoms with Crippen molar-refractivity contribution in [3.63, 3.8) is 0 Å². The van der Waals surface area contributed by atoms with Crippen molar-refractivity contribution in [2.45, 2.75) is 6.54 Å². The number of amides is 1. The van der Waals surface area contributed by atoms with Crippen LogP contribution in [0, 0.1) is 18.2 Å². The van der Waals surface area contributed by atoms with E-state index >= 15 is 0 Å². The minimum Gasteiger partial charge on any atom is -0.497 e. The monoisotopic (exact) mass is 340 g/mol. The SMILES string of the molecule is C#CCn1c(=NC(=O)c2ccccc2F)sc2cc(OC)ccc21. The number of rotatable bonds is 3. The molecule has 1 amide bonds. The molecular formula is C18H13FN2O2S. The molecule has 0 atom stereocenters. The second kappa shape index (κ2) is 6.69. The Kier molecular flexibility index (Phi) is 4.45. The standard InChI is InChI=1S/C18H13FN2O2S/c1-3-10-21-15-9-8-12(23-2)11-16(15)24-18(21)20-17(22)13-6-4-5-7-14(13)19/h1,4-9,11H,10H2,2H3. The van der Waals surface area contributed by atoms with E-state index in [1.165, 1.54) is 29.5 Å². The van der Waals surface area contributed by atoms with E-state index in [1.807, 2.05) is 18.2 Å². The summed E-state index contributed by atoms with van der Waals surface area (Å²) >= 11 is 1.30. The number of nitrogens with zero attached hydrogens (tertiary/aromatic N) is 2. The number of aromatic nitrogens is 1. The molecular weight excluding hydrogens is 327 g/mol. The zero-order valence-corrected chi connectivity index (χ0v) is 13.6. The number of terminal acetylenes is 1. The second-order valence-electron chi connectivity index (χ2n) is 4.91. The molecule has 0 aliphatic carbocycles. The van der Waals surface area contributed by atoms with E-state index < -0.39 is 11.7 Å². The minimum atomic E-state index is -0.641. The summed E-state index contributed by atoms with van der Waals surface area (Å²) < 4.78 is 21.6. The average molecular weight is 340 g/mol. The summed E-state index contributed by atoms with van der Waals surface area (Å²) in [7, 11) is 1.58. The van der Waals surface area contributed by atoms with E-state index in [0.29, 0.717) is 10.6 Å². The molecule has 3 rings (SSSR count). The number of thiazole rings is 1. The Balaban J connectivity index is 2.17. The van der Waals surface area contributed by atoms with Gasteiger partial charge in [-0.25, -0.2) is 4.39 Å². The van der Waals surface area contributed by atoms with Gasteiger partial charge in [-0.05, 0) is 30.3 Å². The van der Waals surface area contributed by atoms with Crippen LogP contribution >= 0.6 is 11.3 Å². The molecule has 0 N–H and O–H groups in total. The molecule has 1 aromatic heterocycles. The largest absolute Gasteiger partial charge is 0.497 e. The van der Waals surface area contributed by atoms with Gasteiger partial charge in [0.25, 0.3) is 5.91 Å². The average Bonchev–Trinajstić information content (AvgIpc) is 2.92. The van der Waals surface area contributed by atoms with Gasteiger partial charge in [0.15, 0.2) is 4.80 Å². The van der Waals surface area contributed by atoms with Crippen molar-refractivity contribution in [2.24, 2.45) is 4.99 Å². The molecule has 0 radical (unpaired) electrons. The van der Waals surface area contributed by atoms with Crippen LogP contribution < -0.4 is 9.54 Å². The Morgan fingerprint density at radius 1 is 1.38 bits per heavy atom. The second-order valence-corrected chi connectivity index (χ2v) is 5.91. The number of ether oxygens (including phenoxy) is 1. The van der Waals surface area contributed by atoms with Crippen LogP contribution in [0.25, 0.3) is 10.2 Å². The summed E-state index contributed by atoms with van der Waals surface area (Å²) in [5.74, 6) is 2.01. The van der Waals surface area contributed by atoms with Gasteiger partial charge in [0.05, 0.1) is 29.4 Å². The van der Waals surface area contributed by atoms with Crippen molar-refractivity contribution in [3.8, 4) is 18.1 Å². The van der Waals surface area contributed by atoms with Gasteiger partial charge in [0.2, 0.25) is 0 Å². The first-order valence-corrected chi connectivity index (χ1v) is 7.90. The smallest absolute Gasteiger partial charge is 0.282 e. The number of hydrogen-bond acceptors (Lipinski definition) is 3. The van der Waals surface area contributed by atoms with E-state index in [1.54, 1.807) is 17.7 Å². The van der Waals surface area contributed by atoms with Crippen LogP contribution in [0.15, 0.2) is 47.5 Å². The molecule has 2 aromatic carbocycles. The minimum absolute atomic E-state index is 0.0696. The molecule has 0 aliphatic heterocycles. The number of methoxy groups -OCH3 is 1. The number of carbonyl (C=O) groups excluding carboxylic acids is 1. The maximum absolute atomic E-state index is 13.8. The predicted molar refractivity (Wildman–Crippen MR) is 91.5 cm³/mol. The van der Waals surface area contributed by atoms with Crippen LogP contribution in [0.2, 0.25) is 0 Å². The summed E-state index contributed by atoms with van der Waals surface area (Å²) in [6, 6.07) is 11.3. The first kappa shape index (κ1) is 16.0. The fourth-order valence-electron chi connectivity index (χ4n) is 2.29. The van der Waals surface area contributed by atoms with Crippen molar-refractivity contribution in [1.82, 2.24) is 4.57 Å². The molecule has 0 spiro atoms. The van der Waals surface area contributed by atoms with Crippen LogP contribution in [0.4, 0.5) is 4.39 Å². The van der Waals surface area contributed by atoms with Crippen LogP contribution in [0.3, 0.4) is 0 Å². The summed E-state index contributed by atoms with van der Waals surface area (Å²) in [5.41, 5.74) is 0.777. The molecule has 4 nitrogen and oxygen atoms in total. The molecule has 120 valence electrons. The van der Waals surface area contributed by atoms with Gasteiger partial charge in [0.1, 0.15) is 11.6 Å². The van der Waals surface area contributed by atoms with Gasteiger partial charge in [-0.15, -0.1) is 6.42 Å². The summed E-state index contributed by atoms with van der Waals surface area (Å²) in [5, 5.41) is 0. The van der Waals surface area contributed by atoms with Crippen LogP contribution in [-0.4, -0.2) is 17.6 Å². The van der Waals surface area contributed by atoms with Crippen molar-refractivity contribution in [2.75, 3.05) is 7.11 Å². The lowest BCUT2D eigenvalue weighted by Gasteiger charge is -2.01. The lowest BCUT2D eigenvalue weighted by molar-refractivity contribution is 0.0994. The van der Waals surface area contributed by atoms with Gasteiger partial charge >= 0.3 is 0 Å². The van der Waals surface area contributed by atoms with E-state index in [9.17, 15) is 9.18 Å². The molecule has 3 aromatic rings. The van der Waals surface area contributed by atoms with E-state index in [0.717, 1.165) is 10.2 Å². The third kappa shape index (κ3) is 2.94. The van der Waals surface area contributed by atoms with E-state index in [4.69, 9.17) is 11.2 Å². The molecule has 0 saturated carbocycles. The van der Waals surface area contributed by atoms with Crippen molar-refractivity contribution < 1.29 is 13.9 Å². The fourth-order valence-corrected chi connectivity index (χ4v) is 3.35. The molecule has 0 fully saturated rings. The normalized spacial score (nSPS) is 11.5. The van der Waals surface area contributed by atoms with Crippen molar-refractivity contribution >= 4 is 27.5 Å². The molecule has 0 aliphatic rings. The van der Waals surface area contributed by atoms with Crippen molar-refractivity contribution in [1.29, 1.82) is 0 Å². The van der Waals surface area contributed by atoms with Gasteiger partial charge in [0, 0.05) is 0 Å². The molecule has 0 saturated heterocycles. The summed E-state index contributed by atoms with van der Waals surface area (Å²) in [6.07, 6.45) is 5.42. The molecule has 1 heterocycles. The zero-order valence-electron chi connectivity index (χ0n) is 12.8. The third-order valence-corrected chi connectivity index (χ3v) is 4.48. The van der Waals surface area contributed by atoms with E-state index in [-0.39, 0.29) is 12.1 Å². The number of carbonyl (C=O) groups is 1. The van der Waals surface area contributed by atoms with Crippen LogP contribution in [0.1, 0.15) is 10.4 Å². The lowest BCUT2D eigenvalue weighted by Crippen LogP contribution is -2.16. The van der Waals surface area contributed by atoms with Crippen molar-refractivity contribution in [3.05, 3.63) is 58.6 Å². The molecule has 0 bridgehead atoms. The molecule has 0 unspecified atom stereocenters. The van der Waals surface area contributed by atoms with Gasteiger partial charge in [-0.3, -0.25) is 4.79 Å². The Hall–Kier alpha value is -2.91. The highest BCUT2D eigenvalue weighted by atomic mass is 32.1. The van der Waals surface area contributed by atoms with Gasteiger partial charge in [-0.2, -0.15) is 4.99 Å². The zero-order chi connectivity index (χ0) is 17.1. The summed E-state index contributed by atoms with van der Waals surface area (Å²) in [6.45, 7) is 0.260. The third-order valence-electron chi connectivity index (χ3n) is 3.44. The highest BCUT2D eigenvalue weighted by Gasteiger charge is 2.12. The highest BCUT2D eigenvalue weighted by molar-refractivity contribution is 7.16.